The van der Waals surface area contributed by atoms with Crippen molar-refractivity contribution in [2.24, 2.45) is 0 Å². The quantitative estimate of drug-likeness (QED) is 0.173. The molecule has 1 aliphatic heterocycles. The number of rotatable bonds is 18. The maximum atomic E-state index is 10.3. The Morgan fingerprint density at radius 3 is 1.82 bits per heavy atom. The van der Waals surface area contributed by atoms with Crippen molar-refractivity contribution in [1.29, 1.82) is 10.5 Å². The minimum absolute atomic E-state index is 0.293. The van der Waals surface area contributed by atoms with Crippen molar-refractivity contribution in [3.63, 3.8) is 0 Å². The number of hydrogen-bond donors (Lipinski definition) is 0. The SMILES string of the molecule is CCCCCCCCOc1c(C#N)c(C#N)c(OCCCCCCCC)c2c1Sc1ccccc1N2CCC. The minimum Gasteiger partial charge on any atom is -0.491 e. The van der Waals surface area contributed by atoms with Crippen LogP contribution in [0, 0.1) is 22.7 Å². The molecule has 2 aromatic rings. The zero-order valence-corrected chi connectivity index (χ0v) is 25.0. The van der Waals surface area contributed by atoms with Gasteiger partial charge in [-0.05, 0) is 31.4 Å². The molecule has 2 aromatic carbocycles. The number of fused-ring (bicyclic) bond motifs is 2. The van der Waals surface area contributed by atoms with E-state index in [4.69, 9.17) is 9.47 Å². The third-order valence-corrected chi connectivity index (χ3v) is 8.29. The molecule has 1 heterocycles. The zero-order valence-electron chi connectivity index (χ0n) is 24.2. The molecule has 3 rings (SSSR count). The van der Waals surface area contributed by atoms with Crippen molar-refractivity contribution in [2.75, 3.05) is 24.7 Å². The molecule has 1 aliphatic rings. The molecule has 39 heavy (non-hydrogen) atoms. The summed E-state index contributed by atoms with van der Waals surface area (Å²) in [6.45, 7) is 8.45. The van der Waals surface area contributed by atoms with E-state index in [0.717, 1.165) is 59.8 Å². The zero-order chi connectivity index (χ0) is 27.9. The number of anilines is 2. The summed E-state index contributed by atoms with van der Waals surface area (Å²) in [4.78, 5) is 4.28. The van der Waals surface area contributed by atoms with Gasteiger partial charge < -0.3 is 14.4 Å². The van der Waals surface area contributed by atoms with Crippen LogP contribution in [0.4, 0.5) is 11.4 Å². The van der Waals surface area contributed by atoms with Crippen molar-refractivity contribution >= 4 is 23.1 Å². The maximum absolute atomic E-state index is 10.3. The number of nitrogens with zero attached hydrogens (tertiary/aromatic N) is 3. The summed E-state index contributed by atoms with van der Waals surface area (Å²) >= 11 is 1.62. The Morgan fingerprint density at radius 1 is 0.692 bits per heavy atom. The fraction of sp³-hybridized carbons (Fsp3) is 0.576. The van der Waals surface area contributed by atoms with E-state index in [1.807, 2.05) is 6.07 Å². The first kappa shape index (κ1) is 30.7. The van der Waals surface area contributed by atoms with E-state index in [0.29, 0.717) is 35.8 Å². The van der Waals surface area contributed by atoms with Crippen LogP contribution in [0.25, 0.3) is 0 Å². The fourth-order valence-corrected chi connectivity index (χ4v) is 6.27. The lowest BCUT2D eigenvalue weighted by Crippen LogP contribution is -2.24. The van der Waals surface area contributed by atoms with E-state index in [-0.39, 0.29) is 0 Å². The van der Waals surface area contributed by atoms with Crippen LogP contribution in [0.5, 0.6) is 11.5 Å². The topological polar surface area (TPSA) is 69.3 Å². The molecule has 0 fully saturated rings. The second-order valence-electron chi connectivity index (χ2n) is 10.3. The van der Waals surface area contributed by atoms with Gasteiger partial charge in [0.15, 0.2) is 11.5 Å². The van der Waals surface area contributed by atoms with Gasteiger partial charge >= 0.3 is 0 Å². The smallest absolute Gasteiger partial charge is 0.163 e. The first-order chi connectivity index (χ1) is 19.2. The van der Waals surface area contributed by atoms with Gasteiger partial charge in [-0.15, -0.1) is 0 Å². The summed E-state index contributed by atoms with van der Waals surface area (Å²) in [5.74, 6) is 1.06. The van der Waals surface area contributed by atoms with E-state index >= 15 is 0 Å². The molecule has 0 unspecified atom stereocenters. The van der Waals surface area contributed by atoms with E-state index in [9.17, 15) is 10.5 Å². The van der Waals surface area contributed by atoms with Crippen molar-refractivity contribution in [3.8, 4) is 23.6 Å². The highest BCUT2D eigenvalue weighted by atomic mass is 32.2. The van der Waals surface area contributed by atoms with Gasteiger partial charge in [-0.25, -0.2) is 0 Å². The molecular formula is C33H45N3O2S. The number of benzene rings is 2. The molecule has 0 bridgehead atoms. The lowest BCUT2D eigenvalue weighted by molar-refractivity contribution is 0.289. The number of ether oxygens (including phenoxy) is 2. The van der Waals surface area contributed by atoms with Crippen LogP contribution in [-0.4, -0.2) is 19.8 Å². The van der Waals surface area contributed by atoms with Gasteiger partial charge in [-0.3, -0.25) is 0 Å². The lowest BCUT2D eigenvalue weighted by atomic mass is 10.0. The van der Waals surface area contributed by atoms with Crippen LogP contribution in [0.3, 0.4) is 0 Å². The first-order valence-electron chi connectivity index (χ1n) is 15.1. The number of hydrogen-bond acceptors (Lipinski definition) is 6. The normalized spacial score (nSPS) is 11.9. The molecule has 5 nitrogen and oxygen atoms in total. The summed E-state index contributed by atoms with van der Waals surface area (Å²) in [7, 11) is 0. The summed E-state index contributed by atoms with van der Waals surface area (Å²) < 4.78 is 12.8. The van der Waals surface area contributed by atoms with Gasteiger partial charge in [0, 0.05) is 11.4 Å². The standard InChI is InChI=1S/C33H45N3O2S/c1-4-7-9-11-13-17-22-37-31-26(24-34)27(25-35)32(38-23-18-14-12-10-8-5-2)33-30(31)36(21-6-3)28-19-15-16-20-29(28)39-33/h15-16,19-20H,4-14,17-18,21-23H2,1-3H3. The van der Waals surface area contributed by atoms with E-state index in [1.165, 1.54) is 51.4 Å². The fourth-order valence-electron chi connectivity index (χ4n) is 5.07. The first-order valence-corrected chi connectivity index (χ1v) is 15.9. The Hall–Kier alpha value is -2.83. The van der Waals surface area contributed by atoms with E-state index < -0.39 is 0 Å². The predicted octanol–water partition coefficient (Wildman–Crippen LogP) is 9.92. The summed E-state index contributed by atoms with van der Waals surface area (Å²) in [6, 6.07) is 13.0. The van der Waals surface area contributed by atoms with Crippen LogP contribution in [0.15, 0.2) is 34.1 Å². The van der Waals surface area contributed by atoms with Crippen LogP contribution < -0.4 is 14.4 Å². The summed E-state index contributed by atoms with van der Waals surface area (Å²) in [5, 5.41) is 20.6. The second-order valence-corrected chi connectivity index (χ2v) is 11.3. The molecule has 0 saturated carbocycles. The monoisotopic (exact) mass is 547 g/mol. The minimum atomic E-state index is 0.293. The predicted molar refractivity (Wildman–Crippen MR) is 161 cm³/mol. The second kappa shape index (κ2) is 17.0. The molecule has 0 aromatic heterocycles. The van der Waals surface area contributed by atoms with Crippen molar-refractivity contribution in [3.05, 3.63) is 35.4 Å². The lowest BCUT2D eigenvalue weighted by Gasteiger charge is -2.35. The van der Waals surface area contributed by atoms with Gasteiger partial charge in [-0.2, -0.15) is 10.5 Å². The molecule has 0 spiro atoms. The van der Waals surface area contributed by atoms with Gasteiger partial charge in [0.25, 0.3) is 0 Å². The summed E-state index contributed by atoms with van der Waals surface area (Å²) in [6.07, 6.45) is 14.9. The molecule has 6 heteroatoms. The molecule has 0 N–H and O–H groups in total. The van der Waals surface area contributed by atoms with Gasteiger partial charge in [-0.1, -0.05) is 109 Å². The molecule has 0 aliphatic carbocycles. The highest BCUT2D eigenvalue weighted by molar-refractivity contribution is 7.99. The van der Waals surface area contributed by atoms with Crippen molar-refractivity contribution in [1.82, 2.24) is 0 Å². The molecule has 0 saturated heterocycles. The summed E-state index contributed by atoms with van der Waals surface area (Å²) in [5.41, 5.74) is 2.57. The Bertz CT molecular complexity index is 1140. The third-order valence-electron chi connectivity index (χ3n) is 7.14. The van der Waals surface area contributed by atoms with Crippen LogP contribution in [-0.2, 0) is 0 Å². The molecule has 0 radical (unpaired) electrons. The van der Waals surface area contributed by atoms with Crippen LogP contribution in [0.2, 0.25) is 0 Å². The van der Waals surface area contributed by atoms with Crippen molar-refractivity contribution in [2.45, 2.75) is 114 Å². The highest BCUT2D eigenvalue weighted by Gasteiger charge is 2.34. The van der Waals surface area contributed by atoms with Gasteiger partial charge in [0.05, 0.1) is 23.8 Å². The third kappa shape index (κ3) is 8.09. The average Bonchev–Trinajstić information content (AvgIpc) is 2.96. The number of unbranched alkanes of at least 4 members (excludes halogenated alkanes) is 10. The Balaban J connectivity index is 1.96. The van der Waals surface area contributed by atoms with E-state index in [1.54, 1.807) is 11.8 Å². The Labute approximate surface area is 240 Å². The molecule has 0 amide bonds. The van der Waals surface area contributed by atoms with Crippen molar-refractivity contribution < 1.29 is 9.47 Å². The number of para-hydroxylation sites is 1. The largest absolute Gasteiger partial charge is 0.491 e. The van der Waals surface area contributed by atoms with Crippen LogP contribution in [0.1, 0.15) is 115 Å². The van der Waals surface area contributed by atoms with Gasteiger partial charge in [0.2, 0.25) is 0 Å². The highest BCUT2D eigenvalue weighted by Crippen LogP contribution is 2.57. The Morgan fingerprint density at radius 2 is 1.23 bits per heavy atom. The average molecular weight is 548 g/mol. The number of nitriles is 2. The molecular weight excluding hydrogens is 502 g/mol. The van der Waals surface area contributed by atoms with Gasteiger partial charge in [0.1, 0.15) is 29.0 Å². The molecule has 210 valence electrons. The van der Waals surface area contributed by atoms with Crippen LogP contribution >= 0.6 is 11.8 Å². The van der Waals surface area contributed by atoms with E-state index in [2.05, 4.69) is 56.0 Å². The Kier molecular flexibility index (Phi) is 13.4. The maximum Gasteiger partial charge on any atom is 0.163 e. The molecule has 0 atom stereocenters.